The van der Waals surface area contributed by atoms with Gasteiger partial charge in [0.05, 0.1) is 30.2 Å². The molecule has 3 aromatic rings. The van der Waals surface area contributed by atoms with Crippen molar-refractivity contribution in [1.82, 2.24) is 4.73 Å². The molecule has 0 unspecified atom stereocenters. The van der Waals surface area contributed by atoms with Gasteiger partial charge in [-0.05, 0) is 49.1 Å². The van der Waals surface area contributed by atoms with Crippen LogP contribution in [0.5, 0.6) is 11.6 Å². The summed E-state index contributed by atoms with van der Waals surface area (Å²) in [5, 5.41) is -0.124. The quantitative estimate of drug-likeness (QED) is 0.527. The average Bonchev–Trinajstić information content (AvgIpc) is 2.73. The predicted octanol–water partition coefficient (Wildman–Crippen LogP) is 3.70. The van der Waals surface area contributed by atoms with Gasteiger partial charge >= 0.3 is 5.97 Å². The standard InChI is InChI=1S/C23H24FNO5/c1-4-18-22(27)21-19(24)8-5-9-20(21)25(30-15(2)26)23(18)29-14-6-7-16-10-12-17(28-3)13-11-16/h5,8-13H,4,6-7,14H2,1-3H3. The highest BCUT2D eigenvalue weighted by atomic mass is 19.1. The zero-order valence-electron chi connectivity index (χ0n) is 17.2. The molecular weight excluding hydrogens is 389 g/mol. The Bertz CT molecular complexity index is 1110. The maximum Gasteiger partial charge on any atom is 0.330 e. The smallest absolute Gasteiger partial charge is 0.330 e. The number of halogens is 1. The fourth-order valence-corrected chi connectivity index (χ4v) is 3.30. The molecule has 1 aromatic heterocycles. The molecule has 0 aliphatic rings. The van der Waals surface area contributed by atoms with Gasteiger partial charge in [-0.3, -0.25) is 4.79 Å². The van der Waals surface area contributed by atoms with E-state index < -0.39 is 17.2 Å². The molecule has 0 atom stereocenters. The van der Waals surface area contributed by atoms with Crippen LogP contribution in [0.1, 0.15) is 31.4 Å². The first-order valence-corrected chi connectivity index (χ1v) is 9.77. The predicted molar refractivity (Wildman–Crippen MR) is 112 cm³/mol. The molecule has 2 aromatic carbocycles. The van der Waals surface area contributed by atoms with Crippen LogP contribution < -0.4 is 19.7 Å². The Morgan fingerprint density at radius 3 is 2.50 bits per heavy atom. The first kappa shape index (κ1) is 21.4. The number of pyridine rings is 1. The van der Waals surface area contributed by atoms with Crippen LogP contribution in [0.15, 0.2) is 47.3 Å². The second-order valence-corrected chi connectivity index (χ2v) is 6.78. The van der Waals surface area contributed by atoms with Gasteiger partial charge in [-0.15, -0.1) is 4.73 Å². The third-order valence-corrected chi connectivity index (χ3v) is 4.74. The molecule has 30 heavy (non-hydrogen) atoms. The van der Waals surface area contributed by atoms with Gasteiger partial charge in [-0.1, -0.05) is 25.1 Å². The van der Waals surface area contributed by atoms with Crippen molar-refractivity contribution in [3.05, 3.63) is 69.6 Å². The third kappa shape index (κ3) is 4.45. The van der Waals surface area contributed by atoms with Gasteiger partial charge in [0, 0.05) is 6.92 Å². The van der Waals surface area contributed by atoms with Crippen LogP contribution in [0.4, 0.5) is 4.39 Å². The van der Waals surface area contributed by atoms with E-state index in [1.807, 2.05) is 24.3 Å². The number of aryl methyl sites for hydroxylation is 1. The van der Waals surface area contributed by atoms with E-state index in [0.717, 1.165) is 22.5 Å². The van der Waals surface area contributed by atoms with Crippen molar-refractivity contribution in [2.75, 3.05) is 13.7 Å². The molecule has 7 heteroatoms. The molecule has 0 amide bonds. The zero-order chi connectivity index (χ0) is 21.7. The number of ether oxygens (including phenoxy) is 2. The lowest BCUT2D eigenvalue weighted by Gasteiger charge is -2.19. The molecule has 0 saturated heterocycles. The number of benzene rings is 2. The summed E-state index contributed by atoms with van der Waals surface area (Å²) in [6.07, 6.45) is 1.73. The van der Waals surface area contributed by atoms with Gasteiger partial charge in [0.15, 0.2) is 5.43 Å². The van der Waals surface area contributed by atoms with Gasteiger partial charge in [-0.25, -0.2) is 9.18 Å². The van der Waals surface area contributed by atoms with E-state index in [1.165, 1.54) is 25.1 Å². The molecular formula is C23H24FNO5. The number of carbonyl (C=O) groups excluding carboxylic acids is 1. The van der Waals surface area contributed by atoms with Crippen LogP contribution in [0.2, 0.25) is 0 Å². The van der Waals surface area contributed by atoms with Crippen molar-refractivity contribution in [3.63, 3.8) is 0 Å². The molecule has 0 N–H and O–H groups in total. The zero-order valence-corrected chi connectivity index (χ0v) is 17.2. The molecule has 3 rings (SSSR count). The molecule has 0 aliphatic heterocycles. The minimum absolute atomic E-state index is 0.124. The Hall–Kier alpha value is -3.35. The van der Waals surface area contributed by atoms with Crippen LogP contribution in [0, 0.1) is 5.82 Å². The summed E-state index contributed by atoms with van der Waals surface area (Å²) in [4.78, 5) is 29.8. The van der Waals surface area contributed by atoms with Crippen molar-refractivity contribution >= 4 is 16.9 Å². The molecule has 6 nitrogen and oxygen atoms in total. The Morgan fingerprint density at radius 2 is 1.87 bits per heavy atom. The highest BCUT2D eigenvalue weighted by Crippen LogP contribution is 2.24. The van der Waals surface area contributed by atoms with E-state index >= 15 is 0 Å². The molecule has 0 fully saturated rings. The minimum atomic E-state index is -0.667. The van der Waals surface area contributed by atoms with Gasteiger partial charge in [0.1, 0.15) is 11.6 Å². The number of aromatic nitrogens is 1. The van der Waals surface area contributed by atoms with Crippen molar-refractivity contribution in [1.29, 1.82) is 0 Å². The maximum absolute atomic E-state index is 14.4. The van der Waals surface area contributed by atoms with Crippen molar-refractivity contribution in [2.24, 2.45) is 0 Å². The lowest BCUT2D eigenvalue weighted by Crippen LogP contribution is -2.26. The van der Waals surface area contributed by atoms with Crippen LogP contribution >= 0.6 is 0 Å². The van der Waals surface area contributed by atoms with Crippen LogP contribution in [-0.2, 0) is 17.6 Å². The molecule has 1 heterocycles. The Kier molecular flexibility index (Phi) is 6.72. The van der Waals surface area contributed by atoms with Crippen LogP contribution in [0.3, 0.4) is 0 Å². The number of nitrogens with zero attached hydrogens (tertiary/aromatic N) is 1. The van der Waals surface area contributed by atoms with Gasteiger partial charge < -0.3 is 14.3 Å². The van der Waals surface area contributed by atoms with Crippen LogP contribution in [-0.4, -0.2) is 24.4 Å². The maximum atomic E-state index is 14.4. The van der Waals surface area contributed by atoms with Gasteiger partial charge in [-0.2, -0.15) is 0 Å². The number of methoxy groups -OCH3 is 1. The largest absolute Gasteiger partial charge is 0.497 e. The van der Waals surface area contributed by atoms with E-state index in [4.69, 9.17) is 14.3 Å². The van der Waals surface area contributed by atoms with Crippen molar-refractivity contribution in [2.45, 2.75) is 33.1 Å². The summed E-state index contributed by atoms with van der Waals surface area (Å²) in [6, 6.07) is 11.9. The van der Waals surface area contributed by atoms with Crippen molar-refractivity contribution < 1.29 is 23.5 Å². The summed E-state index contributed by atoms with van der Waals surface area (Å²) in [6.45, 7) is 3.30. The number of carbonyl (C=O) groups is 1. The first-order valence-electron chi connectivity index (χ1n) is 9.77. The number of hydrogen-bond donors (Lipinski definition) is 0. The number of rotatable bonds is 8. The normalized spacial score (nSPS) is 10.8. The Morgan fingerprint density at radius 1 is 1.13 bits per heavy atom. The fraction of sp³-hybridized carbons (Fsp3) is 0.304. The number of hydrogen-bond acceptors (Lipinski definition) is 5. The first-order chi connectivity index (χ1) is 14.5. The average molecular weight is 413 g/mol. The monoisotopic (exact) mass is 413 g/mol. The molecule has 0 bridgehead atoms. The van der Waals surface area contributed by atoms with Gasteiger partial charge in [0.2, 0.25) is 5.88 Å². The molecule has 0 radical (unpaired) electrons. The summed E-state index contributed by atoms with van der Waals surface area (Å²) in [5.41, 5.74) is 1.07. The summed E-state index contributed by atoms with van der Waals surface area (Å²) < 4.78 is 26.5. The minimum Gasteiger partial charge on any atom is -0.497 e. The van der Waals surface area contributed by atoms with E-state index in [-0.39, 0.29) is 22.3 Å². The summed E-state index contributed by atoms with van der Waals surface area (Å²) in [7, 11) is 1.62. The number of fused-ring (bicyclic) bond motifs is 1. The fourth-order valence-electron chi connectivity index (χ4n) is 3.30. The van der Waals surface area contributed by atoms with E-state index in [2.05, 4.69) is 0 Å². The molecule has 158 valence electrons. The van der Waals surface area contributed by atoms with E-state index in [9.17, 15) is 14.0 Å². The molecule has 0 spiro atoms. The third-order valence-electron chi connectivity index (χ3n) is 4.74. The SMILES string of the molecule is CCc1c(OCCCc2ccc(OC)cc2)n(OC(C)=O)c2cccc(F)c2c1=O. The Labute approximate surface area is 173 Å². The topological polar surface area (TPSA) is 66.8 Å². The Balaban J connectivity index is 1.89. The highest BCUT2D eigenvalue weighted by Gasteiger charge is 2.21. The van der Waals surface area contributed by atoms with E-state index in [0.29, 0.717) is 19.4 Å². The second-order valence-electron chi connectivity index (χ2n) is 6.78. The second kappa shape index (κ2) is 9.43. The lowest BCUT2D eigenvalue weighted by atomic mass is 10.1. The molecule has 0 saturated carbocycles. The van der Waals surface area contributed by atoms with E-state index in [1.54, 1.807) is 14.0 Å². The summed E-state index contributed by atoms with van der Waals surface area (Å²) >= 11 is 0. The summed E-state index contributed by atoms with van der Waals surface area (Å²) in [5.74, 6) is -0.351. The van der Waals surface area contributed by atoms with Crippen LogP contribution in [0.25, 0.3) is 10.9 Å². The lowest BCUT2D eigenvalue weighted by molar-refractivity contribution is -0.141. The van der Waals surface area contributed by atoms with Gasteiger partial charge in [0.25, 0.3) is 0 Å². The van der Waals surface area contributed by atoms with Crippen molar-refractivity contribution in [3.8, 4) is 11.6 Å². The molecule has 0 aliphatic carbocycles. The highest BCUT2D eigenvalue weighted by molar-refractivity contribution is 5.82.